The van der Waals surface area contributed by atoms with E-state index in [0.29, 0.717) is 72.3 Å². The molecule has 1 N–H and O–H groups in total. The summed E-state index contributed by atoms with van der Waals surface area (Å²) >= 11 is 0. The van der Waals surface area contributed by atoms with Gasteiger partial charge in [-0.1, -0.05) is 13.0 Å². The zero-order valence-electron chi connectivity index (χ0n) is 29.6. The molecule has 7 rings (SSSR count). The Morgan fingerprint density at radius 1 is 1.19 bits per heavy atom. The van der Waals surface area contributed by atoms with Crippen LogP contribution in [0.5, 0.6) is 11.8 Å². The van der Waals surface area contributed by atoms with Crippen LogP contribution in [0.15, 0.2) is 36.2 Å². The molecule has 1 amide bonds. The van der Waals surface area contributed by atoms with Crippen molar-refractivity contribution in [3.63, 3.8) is 0 Å². The van der Waals surface area contributed by atoms with Crippen molar-refractivity contribution < 1.29 is 27.8 Å². The number of aromatic hydroxyl groups is 1. The maximum absolute atomic E-state index is 16.4. The van der Waals surface area contributed by atoms with Crippen LogP contribution < -0.4 is 9.64 Å². The van der Waals surface area contributed by atoms with E-state index in [4.69, 9.17) is 16.1 Å². The van der Waals surface area contributed by atoms with Crippen molar-refractivity contribution in [3.05, 3.63) is 75.7 Å². The van der Waals surface area contributed by atoms with Gasteiger partial charge in [0.2, 0.25) is 0 Å². The minimum Gasteiger partial charge on any atom is -0.508 e. The van der Waals surface area contributed by atoms with Crippen LogP contribution in [-0.4, -0.2) is 92.6 Å². The van der Waals surface area contributed by atoms with E-state index >= 15 is 4.39 Å². The molecule has 2 aromatic heterocycles. The van der Waals surface area contributed by atoms with Crippen LogP contribution in [0.25, 0.3) is 16.8 Å². The topological polar surface area (TPSA) is 99.8 Å². The number of hydrogen-bond donors (Lipinski definition) is 1. The van der Waals surface area contributed by atoms with E-state index in [0.717, 1.165) is 25.1 Å². The van der Waals surface area contributed by atoms with Crippen molar-refractivity contribution in [2.24, 2.45) is 0 Å². The molecule has 13 heteroatoms. The van der Waals surface area contributed by atoms with E-state index in [9.17, 15) is 18.7 Å². The fraction of sp³-hybridized carbons (Fsp3) is 0.436. The molecule has 0 aliphatic carbocycles. The molecule has 4 aromatic rings. The van der Waals surface area contributed by atoms with Gasteiger partial charge in [-0.25, -0.2) is 13.2 Å². The van der Waals surface area contributed by atoms with Crippen LogP contribution in [0.4, 0.5) is 19.0 Å². The number of benzene rings is 2. The Kier molecular flexibility index (Phi) is 9.61. The Morgan fingerprint density at radius 2 is 2.02 bits per heavy atom. The number of halogens is 3. The second-order valence-corrected chi connectivity index (χ2v) is 14.2. The smallest absolute Gasteiger partial charge is 0.319 e. The maximum Gasteiger partial charge on any atom is 0.319 e. The van der Waals surface area contributed by atoms with E-state index in [2.05, 4.69) is 20.9 Å². The van der Waals surface area contributed by atoms with Gasteiger partial charge in [0.05, 0.1) is 23.3 Å². The van der Waals surface area contributed by atoms with Gasteiger partial charge in [-0.2, -0.15) is 15.1 Å². The first-order valence-corrected chi connectivity index (χ1v) is 17.7. The van der Waals surface area contributed by atoms with E-state index in [1.54, 1.807) is 30.9 Å². The summed E-state index contributed by atoms with van der Waals surface area (Å²) in [5.41, 5.74) is 1.84. The molecule has 0 unspecified atom stereocenters. The number of phenols is 1. The number of amides is 1. The standard InChI is InChI=1S/C39H42F3N7O3/c1-5-30-32(42)10-9-24-16-29(50)17-25(35(24)30)15-26(40)18-31-33(6-2)43-38(52-23-39-11-7-13-48(39)21-27(41)20-39)44-36(31)47-12-8-14-49-28(22-47)19-34(45-49)37(51)46(3)4/h2,9-10,16-19,27,50H,5,7-8,11-15,20-23H2,1,3-4H3/b26-18+/t27-,39+/m1/s1. The van der Waals surface area contributed by atoms with Gasteiger partial charge in [-0.3, -0.25) is 14.4 Å². The SMILES string of the molecule is C#Cc1nc(OC[C@@]23CCCN2C[C@H](F)C3)nc(N2CCCn3nc(C(=O)N(C)C)cc3C2)c1/C=C(/F)Cc1cc(O)cc2ccc(F)c(CC)c12. The van der Waals surface area contributed by atoms with Gasteiger partial charge in [0.25, 0.3) is 5.91 Å². The summed E-state index contributed by atoms with van der Waals surface area (Å²) in [6.45, 7) is 4.52. The monoisotopic (exact) mass is 713 g/mol. The molecule has 2 atom stereocenters. The Bertz CT molecular complexity index is 2110. The molecule has 2 saturated heterocycles. The number of anilines is 1. The molecule has 3 aliphatic rings. The maximum atomic E-state index is 16.4. The molecule has 10 nitrogen and oxygen atoms in total. The van der Waals surface area contributed by atoms with Crippen molar-refractivity contribution in [1.82, 2.24) is 29.5 Å². The summed E-state index contributed by atoms with van der Waals surface area (Å²) in [6.07, 6.45) is 9.26. The number of allylic oxidation sites excluding steroid dienone is 1. The van der Waals surface area contributed by atoms with Gasteiger partial charge in [0, 0.05) is 46.6 Å². The molecule has 0 spiro atoms. The van der Waals surface area contributed by atoms with E-state index < -0.39 is 23.4 Å². The van der Waals surface area contributed by atoms with Gasteiger partial charge >= 0.3 is 6.01 Å². The molecule has 272 valence electrons. The van der Waals surface area contributed by atoms with Crippen molar-refractivity contribution in [2.75, 3.05) is 45.2 Å². The van der Waals surface area contributed by atoms with Crippen molar-refractivity contribution in [2.45, 2.75) is 70.2 Å². The summed E-state index contributed by atoms with van der Waals surface area (Å²) in [4.78, 5) is 27.7. The largest absolute Gasteiger partial charge is 0.508 e. The highest BCUT2D eigenvalue weighted by molar-refractivity contribution is 5.92. The number of alkyl halides is 1. The number of carbonyl (C=O) groups excluding carboxylic acids is 1. The Labute approximate surface area is 300 Å². The number of ether oxygens (including phenoxy) is 1. The average Bonchev–Trinajstić information content (AvgIpc) is 3.74. The Balaban J connectivity index is 1.29. The highest BCUT2D eigenvalue weighted by Crippen LogP contribution is 2.41. The molecule has 0 bridgehead atoms. The van der Waals surface area contributed by atoms with Crippen LogP contribution in [-0.2, 0) is 25.9 Å². The third kappa shape index (κ3) is 6.67. The summed E-state index contributed by atoms with van der Waals surface area (Å²) in [7, 11) is 3.33. The molecular formula is C39H42F3N7O3. The molecule has 0 radical (unpaired) electrons. The summed E-state index contributed by atoms with van der Waals surface area (Å²) in [5.74, 6) is 1.64. The predicted molar refractivity (Wildman–Crippen MR) is 192 cm³/mol. The zero-order valence-corrected chi connectivity index (χ0v) is 29.6. The van der Waals surface area contributed by atoms with Crippen LogP contribution in [0.3, 0.4) is 0 Å². The number of fused-ring (bicyclic) bond motifs is 3. The normalized spacial score (nSPS) is 20.4. The quantitative estimate of drug-likeness (QED) is 0.216. The second-order valence-electron chi connectivity index (χ2n) is 14.2. The van der Waals surface area contributed by atoms with Gasteiger partial charge in [-0.05, 0) is 90.4 Å². The highest BCUT2D eigenvalue weighted by Gasteiger charge is 2.49. The van der Waals surface area contributed by atoms with Crippen molar-refractivity contribution >= 4 is 28.6 Å². The van der Waals surface area contributed by atoms with Gasteiger partial charge in [0.15, 0.2) is 5.69 Å². The van der Waals surface area contributed by atoms with Crippen molar-refractivity contribution in [3.8, 4) is 24.1 Å². The first-order valence-electron chi connectivity index (χ1n) is 17.7. The molecule has 3 aliphatic heterocycles. The summed E-state index contributed by atoms with van der Waals surface area (Å²) < 4.78 is 53.8. The van der Waals surface area contributed by atoms with E-state index in [-0.39, 0.29) is 48.5 Å². The molecule has 2 fully saturated rings. The minimum atomic E-state index is -0.933. The molecule has 52 heavy (non-hydrogen) atoms. The molecule has 2 aromatic carbocycles. The average molecular weight is 714 g/mol. The van der Waals surface area contributed by atoms with Gasteiger partial charge < -0.3 is 19.6 Å². The van der Waals surface area contributed by atoms with Crippen molar-refractivity contribution in [1.29, 1.82) is 0 Å². The first-order chi connectivity index (χ1) is 25.0. The number of rotatable bonds is 9. The van der Waals surface area contributed by atoms with E-state index in [1.165, 1.54) is 29.2 Å². The number of aryl methyl sites for hydroxylation is 2. The third-order valence-corrected chi connectivity index (χ3v) is 10.5. The first kappa shape index (κ1) is 35.3. The lowest BCUT2D eigenvalue weighted by Crippen LogP contribution is -2.43. The number of phenolic OH excluding ortho intramolecular Hbond substituents is 1. The molecule has 5 heterocycles. The van der Waals surface area contributed by atoms with Crippen LogP contribution >= 0.6 is 0 Å². The Morgan fingerprint density at radius 3 is 2.79 bits per heavy atom. The lowest BCUT2D eigenvalue weighted by Gasteiger charge is -2.31. The molecular weight excluding hydrogens is 671 g/mol. The lowest BCUT2D eigenvalue weighted by atomic mass is 9.94. The zero-order chi connectivity index (χ0) is 36.7. The van der Waals surface area contributed by atoms with Crippen LogP contribution in [0.1, 0.15) is 71.2 Å². The summed E-state index contributed by atoms with van der Waals surface area (Å²) in [5, 5.41) is 16.2. The number of hydrogen-bond acceptors (Lipinski definition) is 8. The molecule has 0 saturated carbocycles. The number of nitrogens with zero attached hydrogens (tertiary/aromatic N) is 7. The fourth-order valence-corrected chi connectivity index (χ4v) is 8.08. The highest BCUT2D eigenvalue weighted by atomic mass is 19.1. The predicted octanol–water partition coefficient (Wildman–Crippen LogP) is 5.84. The minimum absolute atomic E-state index is 0.00677. The number of terminal acetylenes is 1. The number of aromatic nitrogens is 4. The summed E-state index contributed by atoms with van der Waals surface area (Å²) in [6, 6.07) is 7.65. The van der Waals surface area contributed by atoms with E-state index in [1.807, 2.05) is 11.8 Å². The lowest BCUT2D eigenvalue weighted by molar-refractivity contribution is 0.0821. The Hall–Kier alpha value is -5.09. The van der Waals surface area contributed by atoms with Gasteiger partial charge in [0.1, 0.15) is 41.7 Å². The van der Waals surface area contributed by atoms with Gasteiger partial charge in [-0.15, -0.1) is 6.42 Å². The third-order valence-electron chi connectivity index (χ3n) is 10.5. The second kappa shape index (κ2) is 14.1. The van der Waals surface area contributed by atoms with Crippen LogP contribution in [0, 0.1) is 18.2 Å². The van der Waals surface area contributed by atoms with Crippen LogP contribution in [0.2, 0.25) is 0 Å². The number of carbonyl (C=O) groups is 1. The fourth-order valence-electron chi connectivity index (χ4n) is 8.08.